The topological polar surface area (TPSA) is 156 Å². The summed E-state index contributed by atoms with van der Waals surface area (Å²) in [6, 6.07) is 6.34. The maximum atomic E-state index is 14.6. The van der Waals surface area contributed by atoms with Crippen LogP contribution in [0.4, 0.5) is 10.5 Å². The molecule has 7 heterocycles. The fourth-order valence-electron chi connectivity index (χ4n) is 9.39. The maximum Gasteiger partial charge on any atom is 0.324 e. The van der Waals surface area contributed by atoms with Crippen LogP contribution in [0.1, 0.15) is 75.4 Å². The number of piperazine rings is 1. The van der Waals surface area contributed by atoms with Gasteiger partial charge in [0.1, 0.15) is 23.2 Å². The van der Waals surface area contributed by atoms with E-state index in [1.54, 1.807) is 19.1 Å². The van der Waals surface area contributed by atoms with Crippen LogP contribution in [-0.2, 0) is 41.5 Å². The number of esters is 1. The molecule has 16 nitrogen and oxygen atoms in total. The molecule has 4 aliphatic heterocycles. The first-order chi connectivity index (χ1) is 30.3. The number of pyridine rings is 1. The fraction of sp³-hybridized carbons (Fsp3) is 0.587. The van der Waals surface area contributed by atoms with E-state index >= 15 is 0 Å². The van der Waals surface area contributed by atoms with Gasteiger partial charge in [-0.15, -0.1) is 11.3 Å². The average Bonchev–Trinajstić information content (AvgIpc) is 3.88. The smallest absolute Gasteiger partial charge is 0.324 e. The predicted octanol–water partition coefficient (Wildman–Crippen LogP) is 5.98. The molecular formula is C46H73N9O7S6. The summed E-state index contributed by atoms with van der Waals surface area (Å²) in [4.78, 5) is 59.0. The largest absolute Gasteiger partial charge is 0.464 e. The summed E-state index contributed by atoms with van der Waals surface area (Å²) in [6.45, 7) is 14.3. The van der Waals surface area contributed by atoms with E-state index in [0.717, 1.165) is 83.0 Å². The molecule has 5 atom stereocenters. The number of nitrogens with one attached hydrogen (secondary N) is 2. The average molecular weight is 1060 g/mol. The van der Waals surface area contributed by atoms with Crippen molar-refractivity contribution in [3.63, 3.8) is 0 Å². The summed E-state index contributed by atoms with van der Waals surface area (Å²) in [6.07, 6.45) is 3.23. The van der Waals surface area contributed by atoms with E-state index in [0.29, 0.717) is 50.5 Å². The van der Waals surface area contributed by atoms with Gasteiger partial charge in [0.25, 0.3) is 5.91 Å². The third-order valence-corrected chi connectivity index (χ3v) is 14.1. The highest BCUT2D eigenvalue weighted by atomic mass is 32.1. The molecule has 3 fully saturated rings. The van der Waals surface area contributed by atoms with Crippen molar-refractivity contribution in [1.82, 2.24) is 40.1 Å². The van der Waals surface area contributed by atoms with Crippen molar-refractivity contribution in [3.05, 3.63) is 52.1 Å². The molecule has 2 N–H and O–H groups in total. The standard InChI is InChI=1S/C46H63N9O7S.5H2S/c1-9-53-37-13-12-29-21-32(37)34(40(53)33-22-31(24-47-38(33)28(2)60-7)52-19-17-51(5)18-20-52)23-46(3,4)27-62-44(57)35-11-10-15-55(50-35)43(56)39(41(61-8)42-48-36(29)26-63-42)49-45(58)54-16-14-30(54)25-59-6;;;;;/h12-13,21-22,24,26,28,30,35,39,41,50H,9-11,14-20,23,25,27H2,1-8H3,(H,49,58);5*1H2/t28-,30-,35-,39-,41-;;;;;/m0...../s1. The number of likely N-dealkylation sites (N-methyl/N-ethyl adjacent to an activating group) is 1. The van der Waals surface area contributed by atoms with Gasteiger partial charge in [-0.25, -0.2) is 15.2 Å². The third-order valence-electron chi connectivity index (χ3n) is 13.2. The number of ether oxygens (including phenoxy) is 4. The molecule has 0 saturated carbocycles. The number of amides is 3. The van der Waals surface area contributed by atoms with Gasteiger partial charge in [-0.05, 0) is 70.3 Å². The summed E-state index contributed by atoms with van der Waals surface area (Å²) < 4.78 is 25.9. The molecule has 0 unspecified atom stereocenters. The second kappa shape index (κ2) is 25.5. The minimum absolute atomic E-state index is 0. The molecule has 4 aliphatic rings. The minimum Gasteiger partial charge on any atom is -0.464 e. The Morgan fingerprint density at radius 1 is 1.01 bits per heavy atom. The number of carbonyl (C=O) groups is 3. The highest BCUT2D eigenvalue weighted by molar-refractivity contribution is 7.60. The first-order valence-electron chi connectivity index (χ1n) is 22.2. The normalized spacial score (nSPS) is 22.1. The number of aromatic nitrogens is 3. The van der Waals surface area contributed by atoms with Gasteiger partial charge in [0, 0.05) is 100.0 Å². The van der Waals surface area contributed by atoms with Crippen LogP contribution < -0.4 is 15.6 Å². The lowest BCUT2D eigenvalue weighted by atomic mass is 9.84. The number of hydrazine groups is 1. The van der Waals surface area contributed by atoms with Gasteiger partial charge >= 0.3 is 12.0 Å². The molecular weight excluding hydrogens is 983 g/mol. The van der Waals surface area contributed by atoms with E-state index in [2.05, 4.69) is 77.2 Å². The number of aryl methyl sites for hydroxylation is 1. The monoisotopic (exact) mass is 1060 g/mol. The van der Waals surface area contributed by atoms with E-state index in [9.17, 15) is 14.4 Å². The molecule has 4 aromatic rings. The molecule has 0 radical (unpaired) electrons. The lowest BCUT2D eigenvalue weighted by Crippen LogP contribution is -2.64. The van der Waals surface area contributed by atoms with Crippen LogP contribution in [-0.4, -0.2) is 146 Å². The Bertz CT molecular complexity index is 2330. The summed E-state index contributed by atoms with van der Waals surface area (Å²) >= 11 is 1.38. The quantitative estimate of drug-likeness (QED) is 0.190. The summed E-state index contributed by atoms with van der Waals surface area (Å²) in [5.41, 5.74) is 10.5. The number of carbonyl (C=O) groups excluding carboxylic acids is 3. The van der Waals surface area contributed by atoms with Crippen molar-refractivity contribution in [2.45, 2.75) is 90.3 Å². The van der Waals surface area contributed by atoms with E-state index in [4.69, 9.17) is 28.9 Å². The van der Waals surface area contributed by atoms with E-state index in [1.165, 1.54) is 23.5 Å². The lowest BCUT2D eigenvalue weighted by molar-refractivity contribution is -0.155. The SMILES string of the molecule is CCn1c(-c2cc(N3CCN(C)CC3)cnc2[C@H](C)OC)c2c3cc(ccc31)-c1csc(n1)[C@@H](OC)[C@H](NC(=O)N1CC[C@H]1COC)C(=O)N1CCC[C@H](N1)C(=O)OCC(C)(C)C2.S.S.S.S.S. The van der Waals surface area contributed by atoms with Gasteiger partial charge in [0.05, 0.1) is 54.3 Å². The van der Waals surface area contributed by atoms with E-state index in [1.807, 2.05) is 18.5 Å². The molecule has 3 aromatic heterocycles. The van der Waals surface area contributed by atoms with Crippen LogP contribution in [0.25, 0.3) is 33.4 Å². The Labute approximate surface area is 440 Å². The minimum atomic E-state index is -1.15. The molecule has 380 valence electrons. The number of rotatable bonds is 9. The first kappa shape index (κ1) is 59.4. The number of benzene rings is 1. The Morgan fingerprint density at radius 3 is 2.40 bits per heavy atom. The summed E-state index contributed by atoms with van der Waals surface area (Å²) in [5, 5.41) is 8.02. The molecule has 8 rings (SSSR count). The first-order valence-corrected chi connectivity index (χ1v) is 23.1. The van der Waals surface area contributed by atoms with Crippen molar-refractivity contribution in [2.75, 3.05) is 85.8 Å². The number of thiazole rings is 1. The number of nitrogens with zero attached hydrogens (tertiary/aromatic N) is 7. The fourth-order valence-corrected chi connectivity index (χ4v) is 10.3. The number of fused-ring (bicyclic) bond motifs is 6. The van der Waals surface area contributed by atoms with Crippen LogP contribution in [0.3, 0.4) is 0 Å². The zero-order chi connectivity index (χ0) is 44.6. The van der Waals surface area contributed by atoms with Crippen LogP contribution in [0, 0.1) is 5.41 Å². The molecule has 3 saturated heterocycles. The van der Waals surface area contributed by atoms with Crippen molar-refractivity contribution < 1.29 is 33.3 Å². The number of cyclic esters (lactones) is 1. The van der Waals surface area contributed by atoms with Gasteiger partial charge in [-0.3, -0.25) is 19.6 Å². The van der Waals surface area contributed by atoms with Crippen molar-refractivity contribution in [1.29, 1.82) is 0 Å². The Balaban J connectivity index is 0.00000245. The number of anilines is 1. The van der Waals surface area contributed by atoms with Crippen LogP contribution >= 0.6 is 78.8 Å². The zero-order valence-electron chi connectivity index (χ0n) is 40.4. The third kappa shape index (κ3) is 12.2. The van der Waals surface area contributed by atoms with E-state index < -0.39 is 35.5 Å². The van der Waals surface area contributed by atoms with Crippen LogP contribution in [0.15, 0.2) is 35.8 Å². The number of hydrogen-bond acceptors (Lipinski definition) is 13. The van der Waals surface area contributed by atoms with Gasteiger partial charge in [0.2, 0.25) is 0 Å². The molecule has 1 aromatic carbocycles. The van der Waals surface area contributed by atoms with Crippen molar-refractivity contribution in [2.24, 2.45) is 5.41 Å². The second-order valence-corrected chi connectivity index (χ2v) is 19.0. The number of methoxy groups -OCH3 is 3. The molecule has 68 heavy (non-hydrogen) atoms. The van der Waals surface area contributed by atoms with Gasteiger partial charge in [0.15, 0.2) is 0 Å². The molecule has 0 spiro atoms. The van der Waals surface area contributed by atoms with Crippen molar-refractivity contribution in [3.8, 4) is 22.5 Å². The number of hydrogen-bond donors (Lipinski definition) is 2. The second-order valence-electron chi connectivity index (χ2n) is 18.1. The molecule has 6 bridgehead atoms. The van der Waals surface area contributed by atoms with Crippen molar-refractivity contribution >= 4 is 113 Å². The number of likely N-dealkylation sites (tertiary alicyclic amines) is 1. The summed E-state index contributed by atoms with van der Waals surface area (Å²) in [7, 11) is 7.01. The highest BCUT2D eigenvalue weighted by Crippen LogP contribution is 2.43. The number of urea groups is 1. The Kier molecular flexibility index (Phi) is 22.3. The molecule has 0 aliphatic carbocycles. The lowest BCUT2D eigenvalue weighted by Gasteiger charge is -2.42. The highest BCUT2D eigenvalue weighted by Gasteiger charge is 2.42. The Hall–Kier alpha value is -2.90. The molecule has 22 heteroatoms. The van der Waals surface area contributed by atoms with E-state index in [-0.39, 0.29) is 92.3 Å². The van der Waals surface area contributed by atoms with Gasteiger partial charge in [-0.1, -0.05) is 19.9 Å². The summed E-state index contributed by atoms with van der Waals surface area (Å²) in [5.74, 6) is -0.862. The molecule has 3 amide bonds. The maximum absolute atomic E-state index is 14.6. The van der Waals surface area contributed by atoms with Gasteiger partial charge < -0.3 is 43.5 Å². The van der Waals surface area contributed by atoms with Crippen LogP contribution in [0.5, 0.6) is 0 Å². The van der Waals surface area contributed by atoms with Gasteiger partial charge in [-0.2, -0.15) is 67.5 Å². The predicted molar refractivity (Wildman–Crippen MR) is 294 cm³/mol. The Morgan fingerprint density at radius 2 is 1.75 bits per heavy atom. The van der Waals surface area contributed by atoms with Crippen LogP contribution in [0.2, 0.25) is 0 Å². The zero-order valence-corrected chi connectivity index (χ0v) is 46.3.